The van der Waals surface area contributed by atoms with Crippen molar-refractivity contribution in [3.63, 3.8) is 0 Å². The van der Waals surface area contributed by atoms with Crippen LogP contribution >= 0.6 is 15.9 Å². The molecule has 0 fully saturated rings. The van der Waals surface area contributed by atoms with Crippen LogP contribution in [-0.2, 0) is 0 Å². The Bertz CT molecular complexity index is 598. The fraction of sp³-hybridized carbons (Fsp3) is 0.250. The second-order valence-corrected chi connectivity index (χ2v) is 5.49. The molecule has 106 valence electrons. The third-order valence-corrected chi connectivity index (χ3v) is 3.89. The predicted molar refractivity (Wildman–Crippen MR) is 82.7 cm³/mol. The van der Waals surface area contributed by atoms with Gasteiger partial charge in [-0.1, -0.05) is 29.8 Å². The van der Waals surface area contributed by atoms with Gasteiger partial charge in [0, 0.05) is 11.6 Å². The molecule has 2 rings (SSSR count). The number of aryl methyl sites for hydroxylation is 1. The van der Waals surface area contributed by atoms with Gasteiger partial charge >= 0.3 is 0 Å². The summed E-state index contributed by atoms with van der Waals surface area (Å²) in [7, 11) is 3.43. The highest BCUT2D eigenvalue weighted by Crippen LogP contribution is 2.34. The summed E-state index contributed by atoms with van der Waals surface area (Å²) in [5, 5.41) is 3.25. The molecule has 2 nitrogen and oxygen atoms in total. The van der Waals surface area contributed by atoms with E-state index < -0.39 is 0 Å². The Morgan fingerprint density at radius 2 is 1.85 bits per heavy atom. The lowest BCUT2D eigenvalue weighted by atomic mass is 9.97. The molecule has 0 radical (unpaired) electrons. The van der Waals surface area contributed by atoms with Gasteiger partial charge in [-0.2, -0.15) is 0 Å². The summed E-state index contributed by atoms with van der Waals surface area (Å²) in [4.78, 5) is 0. The average Bonchev–Trinajstić information content (AvgIpc) is 2.45. The van der Waals surface area contributed by atoms with Gasteiger partial charge in [-0.05, 0) is 41.5 Å². The molecular formula is C16H17BrFNO. The van der Waals surface area contributed by atoms with Crippen molar-refractivity contribution < 1.29 is 9.13 Å². The first-order valence-corrected chi connectivity index (χ1v) is 7.13. The van der Waals surface area contributed by atoms with Crippen molar-refractivity contribution in [3.8, 4) is 5.75 Å². The lowest BCUT2D eigenvalue weighted by Gasteiger charge is -2.20. The first-order chi connectivity index (χ1) is 9.56. The Kier molecular flexibility index (Phi) is 4.78. The maximum absolute atomic E-state index is 13.6. The van der Waals surface area contributed by atoms with E-state index in [1.807, 2.05) is 14.0 Å². The van der Waals surface area contributed by atoms with Gasteiger partial charge in [0.25, 0.3) is 0 Å². The Morgan fingerprint density at radius 1 is 1.20 bits per heavy atom. The molecule has 0 aliphatic carbocycles. The van der Waals surface area contributed by atoms with Gasteiger partial charge in [0.05, 0.1) is 17.6 Å². The van der Waals surface area contributed by atoms with Gasteiger partial charge in [0.2, 0.25) is 0 Å². The van der Waals surface area contributed by atoms with Crippen LogP contribution in [0.25, 0.3) is 0 Å². The van der Waals surface area contributed by atoms with E-state index in [0.717, 1.165) is 11.1 Å². The fourth-order valence-electron chi connectivity index (χ4n) is 2.21. The number of nitrogens with one attached hydrogen (secondary N) is 1. The van der Waals surface area contributed by atoms with Crippen LogP contribution in [0.5, 0.6) is 5.75 Å². The topological polar surface area (TPSA) is 21.3 Å². The normalized spacial score (nSPS) is 12.2. The van der Waals surface area contributed by atoms with Crippen molar-refractivity contribution in [2.24, 2.45) is 0 Å². The summed E-state index contributed by atoms with van der Waals surface area (Å²) < 4.78 is 19.4. The maximum atomic E-state index is 13.6. The number of halogens is 2. The van der Waals surface area contributed by atoms with Crippen molar-refractivity contribution in [2.75, 3.05) is 14.2 Å². The monoisotopic (exact) mass is 337 g/mol. The molecule has 0 saturated heterocycles. The third kappa shape index (κ3) is 3.02. The van der Waals surface area contributed by atoms with E-state index in [1.165, 1.54) is 11.6 Å². The second-order valence-electron chi connectivity index (χ2n) is 4.64. The zero-order valence-corrected chi connectivity index (χ0v) is 13.3. The molecule has 4 heteroatoms. The van der Waals surface area contributed by atoms with Gasteiger partial charge in [-0.3, -0.25) is 0 Å². The minimum absolute atomic E-state index is 0.0533. The summed E-state index contributed by atoms with van der Waals surface area (Å²) in [6, 6.07) is 11.4. The molecule has 0 amide bonds. The van der Waals surface area contributed by atoms with E-state index in [0.29, 0.717) is 10.2 Å². The number of hydrogen-bond acceptors (Lipinski definition) is 2. The molecule has 0 aromatic heterocycles. The maximum Gasteiger partial charge on any atom is 0.141 e. The molecule has 1 unspecified atom stereocenters. The molecule has 0 spiro atoms. The first kappa shape index (κ1) is 15.0. The van der Waals surface area contributed by atoms with E-state index in [9.17, 15) is 4.39 Å². The molecule has 0 bridgehead atoms. The molecule has 1 N–H and O–H groups in total. The van der Waals surface area contributed by atoms with Crippen LogP contribution in [0.2, 0.25) is 0 Å². The quantitative estimate of drug-likeness (QED) is 0.902. The van der Waals surface area contributed by atoms with Crippen molar-refractivity contribution in [3.05, 3.63) is 63.4 Å². The van der Waals surface area contributed by atoms with Gasteiger partial charge in [-0.25, -0.2) is 4.39 Å². The zero-order chi connectivity index (χ0) is 14.7. The SMILES string of the molecule is CNC(c1ccc(C)cc1)c1cc(Br)c(F)cc1OC. The lowest BCUT2D eigenvalue weighted by Crippen LogP contribution is -2.18. The lowest BCUT2D eigenvalue weighted by molar-refractivity contribution is 0.401. The molecule has 0 heterocycles. The van der Waals surface area contributed by atoms with E-state index in [4.69, 9.17) is 4.74 Å². The third-order valence-electron chi connectivity index (χ3n) is 3.28. The Balaban J connectivity index is 2.51. The van der Waals surface area contributed by atoms with Crippen LogP contribution in [0.1, 0.15) is 22.7 Å². The number of rotatable bonds is 4. The first-order valence-electron chi connectivity index (χ1n) is 6.33. The van der Waals surface area contributed by atoms with Gasteiger partial charge < -0.3 is 10.1 Å². The minimum Gasteiger partial charge on any atom is -0.496 e. The Hall–Kier alpha value is -1.39. The van der Waals surface area contributed by atoms with E-state index in [2.05, 4.69) is 45.5 Å². The molecule has 0 aliphatic heterocycles. The van der Waals surface area contributed by atoms with Crippen molar-refractivity contribution >= 4 is 15.9 Å². The summed E-state index contributed by atoms with van der Waals surface area (Å²) in [6.45, 7) is 2.05. The summed E-state index contributed by atoms with van der Waals surface area (Å²) in [6.07, 6.45) is 0. The highest BCUT2D eigenvalue weighted by atomic mass is 79.9. The molecule has 2 aromatic rings. The van der Waals surface area contributed by atoms with Crippen LogP contribution in [0, 0.1) is 12.7 Å². The minimum atomic E-state index is -0.329. The molecule has 20 heavy (non-hydrogen) atoms. The second kappa shape index (κ2) is 6.37. The van der Waals surface area contributed by atoms with Crippen molar-refractivity contribution in [1.29, 1.82) is 0 Å². The van der Waals surface area contributed by atoms with Gasteiger partial charge in [-0.15, -0.1) is 0 Å². The van der Waals surface area contributed by atoms with Crippen molar-refractivity contribution in [2.45, 2.75) is 13.0 Å². The number of ether oxygens (including phenoxy) is 1. The van der Waals surface area contributed by atoms with Crippen LogP contribution in [0.4, 0.5) is 4.39 Å². The van der Waals surface area contributed by atoms with Gasteiger partial charge in [0.15, 0.2) is 0 Å². The number of benzene rings is 2. The summed E-state index contributed by atoms with van der Waals surface area (Å²) >= 11 is 3.23. The average molecular weight is 338 g/mol. The molecule has 2 aromatic carbocycles. The van der Waals surface area contributed by atoms with Crippen LogP contribution in [0.3, 0.4) is 0 Å². The van der Waals surface area contributed by atoms with E-state index in [-0.39, 0.29) is 11.9 Å². The largest absolute Gasteiger partial charge is 0.496 e. The molecule has 1 atom stereocenters. The van der Waals surface area contributed by atoms with Crippen LogP contribution < -0.4 is 10.1 Å². The Labute approximate surface area is 127 Å². The smallest absolute Gasteiger partial charge is 0.141 e. The van der Waals surface area contributed by atoms with Gasteiger partial charge in [0.1, 0.15) is 11.6 Å². The number of hydrogen-bond donors (Lipinski definition) is 1. The summed E-state index contributed by atoms with van der Waals surface area (Å²) in [5.74, 6) is 0.204. The van der Waals surface area contributed by atoms with E-state index in [1.54, 1.807) is 13.2 Å². The summed E-state index contributed by atoms with van der Waals surface area (Å²) in [5.41, 5.74) is 3.21. The predicted octanol–water partition coefficient (Wildman–Crippen LogP) is 4.21. The standard InChI is InChI=1S/C16H17BrFNO/c1-10-4-6-11(7-5-10)16(19-2)12-8-13(17)14(18)9-15(12)20-3/h4-9,16,19H,1-3H3. The molecule has 0 saturated carbocycles. The zero-order valence-electron chi connectivity index (χ0n) is 11.7. The fourth-order valence-corrected chi connectivity index (χ4v) is 2.57. The van der Waals surface area contributed by atoms with Crippen LogP contribution in [0.15, 0.2) is 40.9 Å². The van der Waals surface area contributed by atoms with Crippen molar-refractivity contribution in [1.82, 2.24) is 5.32 Å². The molecule has 0 aliphatic rings. The van der Waals surface area contributed by atoms with Crippen LogP contribution in [-0.4, -0.2) is 14.2 Å². The molecular weight excluding hydrogens is 321 g/mol. The number of methoxy groups -OCH3 is 1. The highest BCUT2D eigenvalue weighted by molar-refractivity contribution is 9.10. The van der Waals surface area contributed by atoms with E-state index >= 15 is 0 Å². The highest BCUT2D eigenvalue weighted by Gasteiger charge is 2.18. The Morgan fingerprint density at radius 3 is 2.40 bits per heavy atom.